The summed E-state index contributed by atoms with van der Waals surface area (Å²) in [5.74, 6) is 0.198. The van der Waals surface area contributed by atoms with Crippen LogP contribution in [0.5, 0.6) is 0 Å². The van der Waals surface area contributed by atoms with Crippen LogP contribution in [0.4, 0.5) is 0 Å². The number of carbonyl (C=O) groups is 1. The number of Topliss-reactive ketones (excluding diaryl/α,β-unsaturated/α-hetero) is 1. The largest absolute Gasteiger partial charge is 1.00 e. The zero-order chi connectivity index (χ0) is 8.91. The highest BCUT2D eigenvalue weighted by atomic mass is 79.9. The van der Waals surface area contributed by atoms with E-state index in [0.29, 0.717) is 11.0 Å². The summed E-state index contributed by atoms with van der Waals surface area (Å²) in [7, 11) is 3.95. The summed E-state index contributed by atoms with van der Waals surface area (Å²) >= 11 is 0. The molecule has 0 aliphatic carbocycles. The number of quaternary nitrogens is 1. The van der Waals surface area contributed by atoms with Crippen LogP contribution in [0.25, 0.3) is 0 Å². The fraction of sp³-hybridized carbons (Fsp3) is 0.444. The van der Waals surface area contributed by atoms with E-state index in [4.69, 9.17) is 0 Å². The van der Waals surface area contributed by atoms with Crippen molar-refractivity contribution in [3.05, 3.63) is 24.9 Å². The lowest BCUT2D eigenvalue weighted by molar-refractivity contribution is -0.830. The second-order valence-corrected chi connectivity index (χ2v) is 3.22. The Labute approximate surface area is 84.9 Å². The number of ketones is 1. The zero-order valence-electron chi connectivity index (χ0n) is 7.88. The molecule has 0 bridgehead atoms. The van der Waals surface area contributed by atoms with Crippen LogP contribution < -0.4 is 17.0 Å². The lowest BCUT2D eigenvalue weighted by Gasteiger charge is -2.22. The molecule has 0 rings (SSSR count). The predicted molar refractivity (Wildman–Crippen MR) is 47.0 cm³/mol. The van der Waals surface area contributed by atoms with E-state index in [0.717, 1.165) is 0 Å². The van der Waals surface area contributed by atoms with Gasteiger partial charge >= 0.3 is 0 Å². The van der Waals surface area contributed by atoms with Crippen molar-refractivity contribution in [2.24, 2.45) is 0 Å². The van der Waals surface area contributed by atoms with E-state index in [-0.39, 0.29) is 22.8 Å². The number of nitrogens with zero attached hydrogens (tertiary/aromatic N) is 1. The fourth-order valence-electron chi connectivity index (χ4n) is 0.920. The maximum absolute atomic E-state index is 10.7. The first-order valence-corrected chi connectivity index (χ1v) is 3.60. The second-order valence-electron chi connectivity index (χ2n) is 3.22. The van der Waals surface area contributed by atoms with Crippen LogP contribution in [-0.4, -0.2) is 30.9 Å². The summed E-state index contributed by atoms with van der Waals surface area (Å²) in [5, 5.41) is 0. The van der Waals surface area contributed by atoms with Crippen molar-refractivity contribution in [1.29, 1.82) is 0 Å². The Bertz CT molecular complexity index is 185. The molecule has 0 N–H and O–H groups in total. The fourth-order valence-corrected chi connectivity index (χ4v) is 0.920. The van der Waals surface area contributed by atoms with Crippen LogP contribution in [0.1, 0.15) is 6.92 Å². The minimum atomic E-state index is 0. The van der Waals surface area contributed by atoms with Gasteiger partial charge in [0.15, 0.2) is 5.78 Å². The standard InChI is InChI=1S/C9H16NO.BrH/c1-5-6-7-10(3,4)8-9(2)11;/h5-7H,1,8H2,2-4H3;1H/q+1;/p-1. The van der Waals surface area contributed by atoms with Gasteiger partial charge in [0, 0.05) is 6.92 Å². The minimum Gasteiger partial charge on any atom is -1.00 e. The van der Waals surface area contributed by atoms with Crippen LogP contribution in [0, 0.1) is 0 Å². The van der Waals surface area contributed by atoms with E-state index in [1.54, 1.807) is 13.0 Å². The van der Waals surface area contributed by atoms with Gasteiger partial charge in [0.1, 0.15) is 6.54 Å². The number of allylic oxidation sites excluding steroid dienone is 2. The third-order valence-electron chi connectivity index (χ3n) is 1.26. The van der Waals surface area contributed by atoms with Gasteiger partial charge in [0.25, 0.3) is 0 Å². The van der Waals surface area contributed by atoms with Crippen molar-refractivity contribution >= 4 is 5.78 Å². The van der Waals surface area contributed by atoms with Gasteiger partial charge in [-0.25, -0.2) is 0 Å². The molecule has 0 aliphatic heterocycles. The highest BCUT2D eigenvalue weighted by Crippen LogP contribution is 1.98. The first-order valence-electron chi connectivity index (χ1n) is 3.60. The van der Waals surface area contributed by atoms with Crippen molar-refractivity contribution in [2.75, 3.05) is 20.6 Å². The van der Waals surface area contributed by atoms with Crippen molar-refractivity contribution in [2.45, 2.75) is 6.92 Å². The van der Waals surface area contributed by atoms with Gasteiger partial charge in [-0.15, -0.1) is 0 Å². The molecule has 2 nitrogen and oxygen atoms in total. The molecule has 0 aromatic carbocycles. The SMILES string of the molecule is C=CC=C[N+](C)(C)CC(C)=O.[Br-]. The molecule has 0 fully saturated rings. The minimum absolute atomic E-state index is 0. The quantitative estimate of drug-likeness (QED) is 0.421. The lowest BCUT2D eigenvalue weighted by atomic mass is 10.3. The maximum Gasteiger partial charge on any atom is 0.184 e. The smallest absolute Gasteiger partial charge is 0.184 e. The molecule has 0 aromatic heterocycles. The number of carbonyl (C=O) groups excluding carboxylic acids is 1. The van der Waals surface area contributed by atoms with Gasteiger partial charge in [0.05, 0.1) is 20.3 Å². The maximum atomic E-state index is 10.7. The van der Waals surface area contributed by atoms with Crippen LogP contribution in [-0.2, 0) is 4.79 Å². The van der Waals surface area contributed by atoms with Crippen molar-refractivity contribution in [3.63, 3.8) is 0 Å². The normalized spacial score (nSPS) is 10.9. The first-order chi connectivity index (χ1) is 4.98. The molecule has 0 heterocycles. The van der Waals surface area contributed by atoms with E-state index in [1.165, 1.54) is 0 Å². The van der Waals surface area contributed by atoms with Crippen LogP contribution in [0.15, 0.2) is 24.9 Å². The van der Waals surface area contributed by atoms with E-state index >= 15 is 0 Å². The van der Waals surface area contributed by atoms with Gasteiger partial charge in [-0.3, -0.25) is 9.28 Å². The van der Waals surface area contributed by atoms with E-state index in [9.17, 15) is 4.79 Å². The van der Waals surface area contributed by atoms with Gasteiger partial charge in [-0.1, -0.05) is 12.7 Å². The first kappa shape index (κ1) is 14.1. The second kappa shape index (κ2) is 6.14. The lowest BCUT2D eigenvalue weighted by Crippen LogP contribution is -3.00. The number of hydrogen-bond acceptors (Lipinski definition) is 1. The summed E-state index contributed by atoms with van der Waals surface area (Å²) in [6.07, 6.45) is 5.50. The molecule has 0 atom stereocenters. The molecule has 12 heavy (non-hydrogen) atoms. The molecular formula is C9H16BrNO. The van der Waals surface area contributed by atoms with Gasteiger partial charge in [-0.05, 0) is 6.08 Å². The molecular weight excluding hydrogens is 218 g/mol. The van der Waals surface area contributed by atoms with Crippen LogP contribution in [0.2, 0.25) is 0 Å². The molecule has 0 saturated heterocycles. The zero-order valence-corrected chi connectivity index (χ0v) is 9.47. The molecule has 0 aromatic rings. The predicted octanol–water partition coefficient (Wildman–Crippen LogP) is -1.64. The Morgan fingerprint density at radius 2 is 2.00 bits per heavy atom. The average Bonchev–Trinajstić information content (AvgIpc) is 1.81. The molecule has 0 radical (unpaired) electrons. The van der Waals surface area contributed by atoms with Gasteiger partial charge < -0.3 is 17.0 Å². The van der Waals surface area contributed by atoms with Crippen molar-refractivity contribution in [3.8, 4) is 0 Å². The Morgan fingerprint density at radius 3 is 2.33 bits per heavy atom. The molecule has 70 valence electrons. The average molecular weight is 234 g/mol. The third-order valence-corrected chi connectivity index (χ3v) is 1.26. The van der Waals surface area contributed by atoms with Gasteiger partial charge in [0.2, 0.25) is 0 Å². The number of halogens is 1. The molecule has 0 unspecified atom stereocenters. The Balaban J connectivity index is 0. The molecule has 3 heteroatoms. The number of likely N-dealkylation sites (N-methyl/N-ethyl adjacent to an activating group) is 1. The molecule has 0 spiro atoms. The summed E-state index contributed by atoms with van der Waals surface area (Å²) in [4.78, 5) is 10.7. The highest BCUT2D eigenvalue weighted by Gasteiger charge is 2.12. The summed E-state index contributed by atoms with van der Waals surface area (Å²) in [6.45, 7) is 5.69. The Hall–Kier alpha value is -0.410. The van der Waals surface area contributed by atoms with Crippen molar-refractivity contribution in [1.82, 2.24) is 0 Å². The van der Waals surface area contributed by atoms with Crippen LogP contribution >= 0.6 is 0 Å². The van der Waals surface area contributed by atoms with E-state index < -0.39 is 0 Å². The topological polar surface area (TPSA) is 17.1 Å². The van der Waals surface area contributed by atoms with Crippen LogP contribution in [0.3, 0.4) is 0 Å². The number of hydrogen-bond donors (Lipinski definition) is 0. The Kier molecular flexibility index (Phi) is 7.24. The highest BCUT2D eigenvalue weighted by molar-refractivity contribution is 5.76. The monoisotopic (exact) mass is 233 g/mol. The van der Waals surface area contributed by atoms with Gasteiger partial charge in [-0.2, -0.15) is 0 Å². The van der Waals surface area contributed by atoms with E-state index in [2.05, 4.69) is 6.58 Å². The third kappa shape index (κ3) is 7.69. The summed E-state index contributed by atoms with van der Waals surface area (Å²) < 4.78 is 0.585. The summed E-state index contributed by atoms with van der Waals surface area (Å²) in [5.41, 5.74) is 0. The van der Waals surface area contributed by atoms with E-state index in [1.807, 2.05) is 26.4 Å². The molecule has 0 amide bonds. The Morgan fingerprint density at radius 1 is 1.50 bits per heavy atom. The number of rotatable bonds is 4. The molecule has 0 saturated carbocycles. The summed E-state index contributed by atoms with van der Waals surface area (Å²) in [6, 6.07) is 0. The van der Waals surface area contributed by atoms with Crippen molar-refractivity contribution < 1.29 is 26.3 Å². The molecule has 0 aliphatic rings.